The van der Waals surface area contributed by atoms with Crippen molar-refractivity contribution < 1.29 is 4.79 Å². The molecular weight excluding hydrogens is 236 g/mol. The van der Waals surface area contributed by atoms with Crippen molar-refractivity contribution in [3.05, 3.63) is 29.3 Å². The molecule has 0 fully saturated rings. The molecule has 1 N–H and O–H groups in total. The summed E-state index contributed by atoms with van der Waals surface area (Å²) in [6.45, 7) is 9.94. The van der Waals surface area contributed by atoms with Crippen LogP contribution in [-0.2, 0) is 4.79 Å². The zero-order valence-corrected chi connectivity index (χ0v) is 12.3. The predicted molar refractivity (Wildman–Crippen MR) is 77.8 cm³/mol. The van der Waals surface area contributed by atoms with Crippen LogP contribution in [0.3, 0.4) is 0 Å². The molecule has 0 aliphatic heterocycles. The summed E-state index contributed by atoms with van der Waals surface area (Å²) in [5.74, 6) is -0.407. The van der Waals surface area contributed by atoms with E-state index in [-0.39, 0.29) is 11.8 Å². The van der Waals surface area contributed by atoms with Crippen molar-refractivity contribution in [2.45, 2.75) is 40.5 Å². The number of aryl methyl sites for hydroxylation is 1. The number of nitriles is 1. The fraction of sp³-hybridized carbons (Fsp3) is 0.500. The largest absolute Gasteiger partial charge is 0.325 e. The Bertz CT molecular complexity index is 498. The molecule has 1 unspecified atom stereocenters. The third-order valence-electron chi connectivity index (χ3n) is 3.27. The van der Waals surface area contributed by atoms with Gasteiger partial charge in [-0.2, -0.15) is 5.26 Å². The summed E-state index contributed by atoms with van der Waals surface area (Å²) in [4.78, 5) is 12.1. The highest BCUT2D eigenvalue weighted by atomic mass is 16.1. The van der Waals surface area contributed by atoms with Crippen LogP contribution in [0.4, 0.5) is 5.69 Å². The predicted octanol–water partition coefficient (Wildman–Crippen LogP) is 3.85. The van der Waals surface area contributed by atoms with E-state index in [2.05, 4.69) is 31.3 Å². The molecule has 0 saturated carbocycles. The number of nitrogens with zero attached hydrogens (tertiary/aromatic N) is 1. The molecule has 1 aromatic carbocycles. The average molecular weight is 258 g/mol. The molecule has 0 aliphatic rings. The Hall–Kier alpha value is -1.82. The average Bonchev–Trinajstić information content (AvgIpc) is 2.31. The van der Waals surface area contributed by atoms with E-state index < -0.39 is 5.92 Å². The smallest absolute Gasteiger partial charge is 0.241 e. The molecule has 102 valence electrons. The molecule has 3 nitrogen and oxygen atoms in total. The van der Waals surface area contributed by atoms with Gasteiger partial charge in [-0.1, -0.05) is 39.8 Å². The number of hydrogen-bond donors (Lipinski definition) is 1. The first kappa shape index (κ1) is 15.2. The van der Waals surface area contributed by atoms with Gasteiger partial charge in [0, 0.05) is 5.69 Å². The molecule has 0 aliphatic carbocycles. The molecule has 19 heavy (non-hydrogen) atoms. The second-order valence-electron chi connectivity index (χ2n) is 5.57. The molecule has 1 aromatic rings. The Morgan fingerprint density at radius 3 is 2.37 bits per heavy atom. The zero-order valence-electron chi connectivity index (χ0n) is 12.3. The van der Waals surface area contributed by atoms with Gasteiger partial charge in [-0.05, 0) is 36.0 Å². The highest BCUT2D eigenvalue weighted by Gasteiger charge is 2.22. The Morgan fingerprint density at radius 2 is 1.89 bits per heavy atom. The maximum Gasteiger partial charge on any atom is 0.241 e. The molecule has 0 heterocycles. The number of anilines is 1. The van der Waals surface area contributed by atoms with Crippen molar-refractivity contribution in [3.8, 4) is 6.07 Å². The fourth-order valence-electron chi connectivity index (χ4n) is 1.85. The normalized spacial score (nSPS) is 12.3. The van der Waals surface area contributed by atoms with Gasteiger partial charge in [0.25, 0.3) is 0 Å². The summed E-state index contributed by atoms with van der Waals surface area (Å²) in [6.07, 6.45) is 0. The number of hydrogen-bond acceptors (Lipinski definition) is 2. The van der Waals surface area contributed by atoms with E-state index in [9.17, 15) is 4.79 Å². The first-order chi connectivity index (χ1) is 8.86. The Balaban J connectivity index is 2.96. The van der Waals surface area contributed by atoms with E-state index in [0.717, 1.165) is 11.3 Å². The Kier molecular flexibility index (Phi) is 5.11. The van der Waals surface area contributed by atoms with Gasteiger partial charge in [-0.25, -0.2) is 0 Å². The van der Waals surface area contributed by atoms with Crippen molar-refractivity contribution in [2.75, 3.05) is 5.32 Å². The van der Waals surface area contributed by atoms with Crippen molar-refractivity contribution in [1.82, 2.24) is 0 Å². The van der Waals surface area contributed by atoms with Crippen LogP contribution in [0.5, 0.6) is 0 Å². The molecule has 0 aromatic heterocycles. The number of carbonyl (C=O) groups is 1. The van der Waals surface area contributed by atoms with Crippen LogP contribution in [0.25, 0.3) is 0 Å². The number of amides is 1. The van der Waals surface area contributed by atoms with E-state index in [0.29, 0.717) is 5.92 Å². The fourth-order valence-corrected chi connectivity index (χ4v) is 1.85. The first-order valence-corrected chi connectivity index (χ1v) is 6.67. The van der Waals surface area contributed by atoms with E-state index >= 15 is 0 Å². The van der Waals surface area contributed by atoms with Gasteiger partial charge in [-0.15, -0.1) is 0 Å². The third-order valence-corrected chi connectivity index (χ3v) is 3.27. The molecule has 0 saturated heterocycles. The van der Waals surface area contributed by atoms with Crippen LogP contribution < -0.4 is 5.32 Å². The van der Waals surface area contributed by atoms with Crippen molar-refractivity contribution >= 4 is 11.6 Å². The minimum atomic E-state index is -0.609. The molecule has 1 rings (SSSR count). The van der Waals surface area contributed by atoms with Gasteiger partial charge in [-0.3, -0.25) is 4.79 Å². The van der Waals surface area contributed by atoms with Gasteiger partial charge >= 0.3 is 0 Å². The summed E-state index contributed by atoms with van der Waals surface area (Å²) in [6, 6.07) is 8.13. The molecule has 0 radical (unpaired) electrons. The van der Waals surface area contributed by atoms with Gasteiger partial charge in [0.2, 0.25) is 5.91 Å². The van der Waals surface area contributed by atoms with Crippen LogP contribution in [0.1, 0.15) is 44.7 Å². The highest BCUT2D eigenvalue weighted by Crippen LogP contribution is 2.23. The lowest BCUT2D eigenvalue weighted by Gasteiger charge is -2.16. The first-order valence-electron chi connectivity index (χ1n) is 6.67. The summed E-state index contributed by atoms with van der Waals surface area (Å²) in [7, 11) is 0. The van der Waals surface area contributed by atoms with Crippen molar-refractivity contribution in [1.29, 1.82) is 5.26 Å². The standard InChI is InChI=1S/C16H22N2O/c1-10(2)13-7-6-12(5)15(8-13)18-16(19)14(9-17)11(3)4/h6-8,10-11,14H,1-5H3,(H,18,19). The maximum atomic E-state index is 12.1. The van der Waals surface area contributed by atoms with E-state index in [1.165, 1.54) is 5.56 Å². The Morgan fingerprint density at radius 1 is 1.26 bits per heavy atom. The molecular formula is C16H22N2O. The number of rotatable bonds is 4. The lowest BCUT2D eigenvalue weighted by atomic mass is 9.96. The minimum Gasteiger partial charge on any atom is -0.325 e. The van der Waals surface area contributed by atoms with E-state index in [1.54, 1.807) is 0 Å². The summed E-state index contributed by atoms with van der Waals surface area (Å²) >= 11 is 0. The third kappa shape index (κ3) is 3.82. The van der Waals surface area contributed by atoms with E-state index in [4.69, 9.17) is 5.26 Å². The number of carbonyl (C=O) groups excluding carboxylic acids is 1. The molecule has 0 bridgehead atoms. The van der Waals surface area contributed by atoms with Gasteiger partial charge in [0.1, 0.15) is 5.92 Å². The highest BCUT2D eigenvalue weighted by molar-refractivity contribution is 5.95. The zero-order chi connectivity index (χ0) is 14.6. The number of benzene rings is 1. The quantitative estimate of drug-likeness (QED) is 0.891. The molecule has 3 heteroatoms. The van der Waals surface area contributed by atoms with Crippen LogP contribution in [-0.4, -0.2) is 5.91 Å². The van der Waals surface area contributed by atoms with Crippen molar-refractivity contribution in [3.63, 3.8) is 0 Å². The second kappa shape index (κ2) is 6.38. The van der Waals surface area contributed by atoms with E-state index in [1.807, 2.05) is 32.9 Å². The van der Waals surface area contributed by atoms with Gasteiger partial charge in [0.15, 0.2) is 0 Å². The lowest BCUT2D eigenvalue weighted by molar-refractivity contribution is -0.119. The summed E-state index contributed by atoms with van der Waals surface area (Å²) in [5, 5.41) is 11.9. The molecule has 1 atom stereocenters. The van der Waals surface area contributed by atoms with Crippen LogP contribution >= 0.6 is 0 Å². The molecule has 1 amide bonds. The summed E-state index contributed by atoms with van der Waals surface area (Å²) in [5.41, 5.74) is 2.99. The minimum absolute atomic E-state index is 0.0126. The lowest BCUT2D eigenvalue weighted by Crippen LogP contribution is -2.26. The van der Waals surface area contributed by atoms with Crippen LogP contribution in [0, 0.1) is 30.1 Å². The molecule has 0 spiro atoms. The van der Waals surface area contributed by atoms with Crippen molar-refractivity contribution in [2.24, 2.45) is 11.8 Å². The summed E-state index contributed by atoms with van der Waals surface area (Å²) < 4.78 is 0. The monoisotopic (exact) mass is 258 g/mol. The van der Waals surface area contributed by atoms with Crippen LogP contribution in [0.15, 0.2) is 18.2 Å². The van der Waals surface area contributed by atoms with Gasteiger partial charge < -0.3 is 5.32 Å². The topological polar surface area (TPSA) is 52.9 Å². The maximum absolute atomic E-state index is 12.1. The van der Waals surface area contributed by atoms with Crippen LogP contribution in [0.2, 0.25) is 0 Å². The SMILES string of the molecule is Cc1ccc(C(C)C)cc1NC(=O)C(C#N)C(C)C. The Labute approximate surface area is 115 Å². The van der Waals surface area contributed by atoms with Gasteiger partial charge in [0.05, 0.1) is 6.07 Å². The second-order valence-corrected chi connectivity index (χ2v) is 5.57. The number of nitrogens with one attached hydrogen (secondary N) is 1.